The number of hydrogen-bond donors (Lipinski definition) is 2. The van der Waals surface area contributed by atoms with Gasteiger partial charge in [-0.05, 0) is 37.0 Å². The molecule has 0 unspecified atom stereocenters. The quantitative estimate of drug-likeness (QED) is 0.805. The van der Waals surface area contributed by atoms with Gasteiger partial charge in [-0.25, -0.2) is 0 Å². The smallest absolute Gasteiger partial charge is 0.243 e. The Kier molecular flexibility index (Phi) is 7.12. The van der Waals surface area contributed by atoms with Crippen molar-refractivity contribution in [3.05, 3.63) is 0 Å². The van der Waals surface area contributed by atoms with Gasteiger partial charge in [0.2, 0.25) is 11.8 Å². The zero-order valence-electron chi connectivity index (χ0n) is 15.9. The predicted molar refractivity (Wildman–Crippen MR) is 97.5 cm³/mol. The summed E-state index contributed by atoms with van der Waals surface area (Å²) in [7, 11) is 0. The van der Waals surface area contributed by atoms with Gasteiger partial charge in [0.1, 0.15) is 6.04 Å². The highest BCUT2D eigenvalue weighted by Gasteiger charge is 2.33. The summed E-state index contributed by atoms with van der Waals surface area (Å²) in [6.07, 6.45) is 8.91. The lowest BCUT2D eigenvalue weighted by Crippen LogP contribution is -2.55. The molecule has 0 aromatic heterocycles. The zero-order chi connectivity index (χ0) is 17.7. The van der Waals surface area contributed by atoms with Gasteiger partial charge in [0.25, 0.3) is 0 Å². The first-order chi connectivity index (χ1) is 11.4. The molecular weight excluding hydrogens is 300 g/mol. The average molecular weight is 337 g/mol. The summed E-state index contributed by atoms with van der Waals surface area (Å²) >= 11 is 0. The molecule has 0 aromatic rings. The van der Waals surface area contributed by atoms with Crippen LogP contribution in [0.5, 0.6) is 0 Å². The van der Waals surface area contributed by atoms with E-state index in [0.29, 0.717) is 11.8 Å². The predicted octanol–water partition coefficient (Wildman–Crippen LogP) is 3.65. The summed E-state index contributed by atoms with van der Waals surface area (Å²) in [5, 5.41) is 6.29. The fourth-order valence-electron chi connectivity index (χ4n) is 4.23. The first kappa shape index (κ1) is 19.3. The van der Waals surface area contributed by atoms with Crippen molar-refractivity contribution < 1.29 is 9.59 Å². The van der Waals surface area contributed by atoms with Crippen LogP contribution in [0.15, 0.2) is 0 Å². The van der Waals surface area contributed by atoms with Crippen molar-refractivity contribution in [3.8, 4) is 0 Å². The van der Waals surface area contributed by atoms with E-state index in [1.807, 2.05) is 13.8 Å². The van der Waals surface area contributed by atoms with E-state index in [1.54, 1.807) is 0 Å². The second-order valence-electron chi connectivity index (χ2n) is 8.45. The maximum absolute atomic E-state index is 12.8. The number of hydrogen-bond acceptors (Lipinski definition) is 2. The molecule has 0 saturated heterocycles. The standard InChI is InChI=1S/C20H36N2O2/c1-13(2)18(22-19(23)16-10-6-5-7-11-16)20(24)21-17-12-8-9-14(3)15(17)4/h13-18H,5-12H2,1-4H3,(H,21,24)(H,22,23)/t14-,15+,17-,18-/m1/s1. The number of carbonyl (C=O) groups excluding carboxylic acids is 2. The maximum Gasteiger partial charge on any atom is 0.243 e. The van der Waals surface area contributed by atoms with Gasteiger partial charge in [-0.15, -0.1) is 0 Å². The van der Waals surface area contributed by atoms with Gasteiger partial charge >= 0.3 is 0 Å². The lowest BCUT2D eigenvalue weighted by molar-refractivity contribution is -0.133. The highest BCUT2D eigenvalue weighted by molar-refractivity contribution is 5.88. The molecule has 2 rings (SSSR count). The molecule has 4 heteroatoms. The fraction of sp³-hybridized carbons (Fsp3) is 0.900. The molecule has 4 atom stereocenters. The third-order valence-electron chi connectivity index (χ3n) is 6.26. The van der Waals surface area contributed by atoms with Crippen molar-refractivity contribution in [2.24, 2.45) is 23.7 Å². The second kappa shape index (κ2) is 8.87. The van der Waals surface area contributed by atoms with Crippen molar-refractivity contribution in [1.29, 1.82) is 0 Å². The number of rotatable bonds is 5. The monoisotopic (exact) mass is 336 g/mol. The van der Waals surface area contributed by atoms with Crippen LogP contribution in [-0.4, -0.2) is 23.9 Å². The summed E-state index contributed by atoms with van der Waals surface area (Å²) in [5.41, 5.74) is 0. The third-order valence-corrected chi connectivity index (χ3v) is 6.26. The van der Waals surface area contributed by atoms with Gasteiger partial charge in [-0.1, -0.05) is 59.8 Å². The summed E-state index contributed by atoms with van der Waals surface area (Å²) in [6, 6.07) is -0.169. The molecule has 0 heterocycles. The van der Waals surface area contributed by atoms with Crippen LogP contribution in [0.1, 0.15) is 79.1 Å². The van der Waals surface area contributed by atoms with Crippen molar-refractivity contribution in [3.63, 3.8) is 0 Å². The van der Waals surface area contributed by atoms with Crippen LogP contribution in [-0.2, 0) is 9.59 Å². The Morgan fingerprint density at radius 1 is 0.917 bits per heavy atom. The molecule has 0 aromatic carbocycles. The average Bonchev–Trinajstić information content (AvgIpc) is 2.57. The second-order valence-corrected chi connectivity index (χ2v) is 8.45. The minimum atomic E-state index is -0.413. The van der Waals surface area contributed by atoms with Crippen LogP contribution < -0.4 is 10.6 Å². The van der Waals surface area contributed by atoms with Crippen molar-refractivity contribution in [1.82, 2.24) is 10.6 Å². The lowest BCUT2D eigenvalue weighted by atomic mass is 9.78. The number of amides is 2. The van der Waals surface area contributed by atoms with E-state index in [0.717, 1.165) is 32.1 Å². The number of carbonyl (C=O) groups is 2. The van der Waals surface area contributed by atoms with Crippen molar-refractivity contribution in [2.75, 3.05) is 0 Å². The lowest BCUT2D eigenvalue weighted by Gasteiger charge is -2.36. The molecule has 0 aliphatic heterocycles. The van der Waals surface area contributed by atoms with Gasteiger partial charge in [-0.3, -0.25) is 9.59 Å². The molecule has 2 aliphatic carbocycles. The Morgan fingerprint density at radius 3 is 2.21 bits per heavy atom. The van der Waals surface area contributed by atoms with E-state index in [9.17, 15) is 9.59 Å². The molecule has 0 radical (unpaired) electrons. The minimum Gasteiger partial charge on any atom is -0.351 e. The first-order valence-electron chi connectivity index (χ1n) is 10.0. The number of nitrogens with one attached hydrogen (secondary N) is 2. The van der Waals surface area contributed by atoms with Gasteiger partial charge in [0.05, 0.1) is 0 Å². The Bertz CT molecular complexity index is 429. The van der Waals surface area contributed by atoms with Gasteiger partial charge in [-0.2, -0.15) is 0 Å². The molecule has 2 fully saturated rings. The normalized spacial score (nSPS) is 30.0. The molecule has 138 valence electrons. The summed E-state index contributed by atoms with van der Waals surface area (Å²) in [6.45, 7) is 8.53. The van der Waals surface area contributed by atoms with E-state index in [2.05, 4.69) is 24.5 Å². The molecule has 2 amide bonds. The topological polar surface area (TPSA) is 58.2 Å². The molecule has 2 aliphatic rings. The highest BCUT2D eigenvalue weighted by Crippen LogP contribution is 2.29. The van der Waals surface area contributed by atoms with Gasteiger partial charge in [0.15, 0.2) is 0 Å². The summed E-state index contributed by atoms with van der Waals surface area (Å²) in [4.78, 5) is 25.3. The highest BCUT2D eigenvalue weighted by atomic mass is 16.2. The molecule has 2 N–H and O–H groups in total. The largest absolute Gasteiger partial charge is 0.351 e. The molecule has 0 spiro atoms. The summed E-state index contributed by atoms with van der Waals surface area (Å²) in [5.74, 6) is 1.44. The SMILES string of the molecule is CC(C)[C@@H](NC(=O)C1CCCCC1)C(=O)N[C@@H]1CCC[C@@H](C)[C@@H]1C. The van der Waals surface area contributed by atoms with Crippen LogP contribution >= 0.6 is 0 Å². The van der Waals surface area contributed by atoms with E-state index in [-0.39, 0.29) is 29.7 Å². The van der Waals surface area contributed by atoms with Crippen LogP contribution in [0, 0.1) is 23.7 Å². The Morgan fingerprint density at radius 2 is 1.58 bits per heavy atom. The van der Waals surface area contributed by atoms with Crippen molar-refractivity contribution >= 4 is 11.8 Å². The van der Waals surface area contributed by atoms with Crippen LogP contribution in [0.4, 0.5) is 0 Å². The molecular formula is C20H36N2O2. The van der Waals surface area contributed by atoms with Gasteiger partial charge < -0.3 is 10.6 Å². The summed E-state index contributed by atoms with van der Waals surface area (Å²) < 4.78 is 0. The van der Waals surface area contributed by atoms with Crippen LogP contribution in [0.25, 0.3) is 0 Å². The van der Waals surface area contributed by atoms with Crippen LogP contribution in [0.2, 0.25) is 0 Å². The van der Waals surface area contributed by atoms with Crippen LogP contribution in [0.3, 0.4) is 0 Å². The fourth-order valence-corrected chi connectivity index (χ4v) is 4.23. The molecule has 2 saturated carbocycles. The molecule has 4 nitrogen and oxygen atoms in total. The Labute approximate surface area is 147 Å². The Hall–Kier alpha value is -1.06. The van der Waals surface area contributed by atoms with E-state index >= 15 is 0 Å². The van der Waals surface area contributed by atoms with E-state index in [1.165, 1.54) is 19.3 Å². The van der Waals surface area contributed by atoms with Crippen molar-refractivity contribution in [2.45, 2.75) is 91.1 Å². The molecule has 0 bridgehead atoms. The maximum atomic E-state index is 12.8. The Balaban J connectivity index is 1.93. The molecule has 24 heavy (non-hydrogen) atoms. The van der Waals surface area contributed by atoms with Gasteiger partial charge in [0, 0.05) is 12.0 Å². The van der Waals surface area contributed by atoms with E-state index in [4.69, 9.17) is 0 Å². The zero-order valence-corrected chi connectivity index (χ0v) is 15.9. The first-order valence-corrected chi connectivity index (χ1v) is 10.0. The minimum absolute atomic E-state index is 0.000101. The third kappa shape index (κ3) is 4.97. The van der Waals surface area contributed by atoms with E-state index < -0.39 is 6.04 Å².